The van der Waals surface area contributed by atoms with Crippen LogP contribution in [0.2, 0.25) is 0 Å². The van der Waals surface area contributed by atoms with Gasteiger partial charge in [0, 0.05) is 0 Å². The van der Waals surface area contributed by atoms with Gasteiger partial charge in [-0.05, 0) is 49.3 Å². The predicted octanol–water partition coefficient (Wildman–Crippen LogP) is 7.33. The molecule has 0 amide bonds. The molecule has 2 rings (SSSR count). The molecule has 0 heterocycles. The van der Waals surface area contributed by atoms with E-state index in [1.54, 1.807) is 0 Å². The second-order valence-corrected chi connectivity index (χ2v) is 7.11. The van der Waals surface area contributed by atoms with Crippen LogP contribution in [0.1, 0.15) is 97.5 Å². The lowest BCUT2D eigenvalue weighted by Crippen LogP contribution is -2.19. The summed E-state index contributed by atoms with van der Waals surface area (Å²) in [5, 5.41) is 0. The summed E-state index contributed by atoms with van der Waals surface area (Å²) in [4.78, 5) is 0. The Hall–Kier alpha value is -1.02. The van der Waals surface area contributed by atoms with Gasteiger partial charge in [0.15, 0.2) is 6.29 Å². The Morgan fingerprint density at radius 2 is 1.64 bits per heavy atom. The monoisotopic (exact) mass is 348 g/mol. The minimum absolute atomic E-state index is 0.169. The van der Waals surface area contributed by atoms with E-state index in [9.17, 15) is 0 Å². The van der Waals surface area contributed by atoms with Gasteiger partial charge in [0.25, 0.3) is 0 Å². The van der Waals surface area contributed by atoms with Crippen LogP contribution in [0.4, 0.5) is 0 Å². The first-order valence-electron chi connectivity index (χ1n) is 10.6. The van der Waals surface area contributed by atoms with E-state index >= 15 is 0 Å². The summed E-state index contributed by atoms with van der Waals surface area (Å²) in [7, 11) is 0. The maximum Gasteiger partial charge on any atom is 0.196 e. The molecule has 0 radical (unpaired) electrons. The van der Waals surface area contributed by atoms with Crippen molar-refractivity contribution >= 4 is 0 Å². The Bertz CT molecular complexity index is 420. The smallest absolute Gasteiger partial charge is 0.196 e. The average Bonchev–Trinajstić information content (AvgIpc) is 2.65. The molecule has 2 heteroatoms. The van der Waals surface area contributed by atoms with Gasteiger partial charge >= 0.3 is 0 Å². The number of ether oxygens (including phenoxy) is 2. The van der Waals surface area contributed by atoms with Gasteiger partial charge in [0.05, 0.1) is 6.61 Å². The van der Waals surface area contributed by atoms with Crippen LogP contribution < -0.4 is 4.74 Å². The molecule has 0 bridgehead atoms. The van der Waals surface area contributed by atoms with Gasteiger partial charge in [-0.1, -0.05) is 78.4 Å². The van der Waals surface area contributed by atoms with Gasteiger partial charge in [-0.2, -0.15) is 0 Å². The molecule has 1 saturated carbocycles. The van der Waals surface area contributed by atoms with Crippen LogP contribution in [0.3, 0.4) is 0 Å². The Balaban J connectivity index is 0.00000151. The minimum atomic E-state index is -0.169. The van der Waals surface area contributed by atoms with Crippen molar-refractivity contribution in [3.63, 3.8) is 0 Å². The molecule has 0 spiro atoms. The third-order valence-corrected chi connectivity index (χ3v) is 5.08. The van der Waals surface area contributed by atoms with Crippen molar-refractivity contribution in [1.82, 2.24) is 0 Å². The molecule has 1 aromatic carbocycles. The normalized spacial score (nSPS) is 17.3. The number of hydrogen-bond donors (Lipinski definition) is 0. The zero-order chi connectivity index (χ0) is 18.5. The molecule has 2 unspecified atom stereocenters. The van der Waals surface area contributed by atoms with Gasteiger partial charge in [0.2, 0.25) is 0 Å². The molecule has 0 N–H and O–H groups in total. The molecule has 1 aliphatic rings. The van der Waals surface area contributed by atoms with Gasteiger partial charge in [-0.15, -0.1) is 0 Å². The molecule has 2 atom stereocenters. The Labute approximate surface area is 156 Å². The summed E-state index contributed by atoms with van der Waals surface area (Å²) >= 11 is 0. The molecule has 0 aromatic heterocycles. The van der Waals surface area contributed by atoms with Crippen molar-refractivity contribution in [3.05, 3.63) is 29.8 Å². The quantitative estimate of drug-likeness (QED) is 0.435. The van der Waals surface area contributed by atoms with E-state index in [0.29, 0.717) is 5.92 Å². The van der Waals surface area contributed by atoms with E-state index in [4.69, 9.17) is 9.47 Å². The Kier molecular flexibility index (Phi) is 11.6. The van der Waals surface area contributed by atoms with Crippen molar-refractivity contribution in [2.24, 2.45) is 5.92 Å². The molecular weight excluding hydrogens is 308 g/mol. The standard InChI is InChI=1S/C21H34O2.C2H6/c1-4-8-17(2)20-11-13-21(14-12-20)23-18(3)22-16-15-19-9-6-5-7-10-19;1-2/h11-14,17-19H,4-10,15-16H2,1-3H3;1-2H3. The lowest BCUT2D eigenvalue weighted by Gasteiger charge is -2.22. The molecule has 1 aliphatic carbocycles. The van der Waals surface area contributed by atoms with E-state index in [-0.39, 0.29) is 6.29 Å². The predicted molar refractivity (Wildman–Crippen MR) is 108 cm³/mol. The fourth-order valence-corrected chi connectivity index (χ4v) is 3.58. The van der Waals surface area contributed by atoms with Crippen molar-refractivity contribution < 1.29 is 9.47 Å². The molecule has 1 aromatic rings. The Morgan fingerprint density at radius 1 is 1.00 bits per heavy atom. The van der Waals surface area contributed by atoms with E-state index < -0.39 is 0 Å². The highest BCUT2D eigenvalue weighted by Crippen LogP contribution is 2.26. The molecule has 2 nitrogen and oxygen atoms in total. The second kappa shape index (κ2) is 13.2. The average molecular weight is 349 g/mol. The van der Waals surface area contributed by atoms with E-state index in [0.717, 1.165) is 18.3 Å². The first kappa shape index (κ1) is 22.0. The van der Waals surface area contributed by atoms with E-state index in [1.807, 2.05) is 20.8 Å². The van der Waals surface area contributed by atoms with Crippen LogP contribution in [-0.4, -0.2) is 12.9 Å². The van der Waals surface area contributed by atoms with Crippen LogP contribution in [0.25, 0.3) is 0 Å². The highest BCUT2D eigenvalue weighted by Gasteiger charge is 2.14. The van der Waals surface area contributed by atoms with Gasteiger partial charge in [-0.25, -0.2) is 0 Å². The van der Waals surface area contributed by atoms with Crippen LogP contribution in [0.5, 0.6) is 5.75 Å². The first-order chi connectivity index (χ1) is 12.2. The largest absolute Gasteiger partial charge is 0.465 e. The molecule has 0 aliphatic heterocycles. The molecule has 0 saturated heterocycles. The van der Waals surface area contributed by atoms with E-state index in [2.05, 4.69) is 38.1 Å². The Morgan fingerprint density at radius 3 is 2.24 bits per heavy atom. The summed E-state index contributed by atoms with van der Waals surface area (Å²) < 4.78 is 11.7. The van der Waals surface area contributed by atoms with Crippen molar-refractivity contribution in [1.29, 1.82) is 0 Å². The van der Waals surface area contributed by atoms with Crippen molar-refractivity contribution in [2.75, 3.05) is 6.61 Å². The van der Waals surface area contributed by atoms with Gasteiger partial charge in [0.1, 0.15) is 5.75 Å². The molecule has 25 heavy (non-hydrogen) atoms. The third-order valence-electron chi connectivity index (χ3n) is 5.08. The van der Waals surface area contributed by atoms with E-state index in [1.165, 1.54) is 56.9 Å². The van der Waals surface area contributed by atoms with Crippen molar-refractivity contribution in [3.8, 4) is 5.75 Å². The zero-order valence-corrected chi connectivity index (χ0v) is 17.2. The van der Waals surface area contributed by atoms with Gasteiger partial charge < -0.3 is 9.47 Å². The topological polar surface area (TPSA) is 18.5 Å². The summed E-state index contributed by atoms with van der Waals surface area (Å²) in [6.07, 6.45) is 10.5. The SMILES string of the molecule is CC.CCCC(C)c1ccc(OC(C)OCCC2CCCCC2)cc1. The summed E-state index contributed by atoms with van der Waals surface area (Å²) in [5.41, 5.74) is 1.39. The maximum absolute atomic E-state index is 5.88. The first-order valence-corrected chi connectivity index (χ1v) is 10.6. The number of rotatable bonds is 9. The molecule has 144 valence electrons. The zero-order valence-electron chi connectivity index (χ0n) is 17.2. The fraction of sp³-hybridized carbons (Fsp3) is 0.739. The van der Waals surface area contributed by atoms with Crippen molar-refractivity contribution in [2.45, 2.75) is 98.2 Å². The summed E-state index contributed by atoms with van der Waals surface area (Å²) in [5.74, 6) is 2.40. The minimum Gasteiger partial charge on any atom is -0.465 e. The lowest BCUT2D eigenvalue weighted by molar-refractivity contribution is -0.0711. The highest BCUT2D eigenvalue weighted by atomic mass is 16.7. The fourth-order valence-electron chi connectivity index (χ4n) is 3.58. The maximum atomic E-state index is 5.88. The number of hydrogen-bond acceptors (Lipinski definition) is 2. The third kappa shape index (κ3) is 8.76. The van der Waals surface area contributed by atoms with Gasteiger partial charge in [-0.3, -0.25) is 0 Å². The second-order valence-electron chi connectivity index (χ2n) is 7.11. The highest BCUT2D eigenvalue weighted by molar-refractivity contribution is 5.29. The summed E-state index contributed by atoms with van der Waals surface area (Å²) in [6.45, 7) is 11.3. The van der Waals surface area contributed by atoms with Crippen LogP contribution in [0, 0.1) is 5.92 Å². The molecular formula is C23H40O2. The van der Waals surface area contributed by atoms with Crippen LogP contribution in [-0.2, 0) is 4.74 Å². The summed E-state index contributed by atoms with van der Waals surface area (Å²) in [6, 6.07) is 8.51. The van der Waals surface area contributed by atoms with Crippen LogP contribution >= 0.6 is 0 Å². The molecule has 1 fully saturated rings. The number of benzene rings is 1. The van der Waals surface area contributed by atoms with Crippen LogP contribution in [0.15, 0.2) is 24.3 Å². The lowest BCUT2D eigenvalue weighted by atomic mass is 9.87.